The van der Waals surface area contributed by atoms with E-state index in [1.807, 2.05) is 11.8 Å². The van der Waals surface area contributed by atoms with Crippen molar-refractivity contribution in [1.29, 1.82) is 0 Å². The topological polar surface area (TPSA) is 57.6 Å². The number of aliphatic carboxylic acids is 1. The van der Waals surface area contributed by atoms with Gasteiger partial charge in [0.1, 0.15) is 0 Å². The third kappa shape index (κ3) is 2.13. The Labute approximate surface area is 89.3 Å². The lowest BCUT2D eigenvalue weighted by Gasteiger charge is -2.39. The number of rotatable bonds is 3. The molecule has 1 aliphatic heterocycles. The Balaban J connectivity index is 2.03. The van der Waals surface area contributed by atoms with E-state index in [9.17, 15) is 9.59 Å². The van der Waals surface area contributed by atoms with Gasteiger partial charge in [0.05, 0.1) is 6.42 Å². The second-order valence-corrected chi connectivity index (χ2v) is 4.67. The number of nitrogens with zero attached hydrogens (tertiary/aromatic N) is 1. The van der Waals surface area contributed by atoms with Gasteiger partial charge in [-0.3, -0.25) is 9.59 Å². The van der Waals surface area contributed by atoms with Gasteiger partial charge < -0.3 is 10.0 Å². The number of likely N-dealkylation sites (tertiary alicyclic amines) is 1. The molecular formula is C11H17NO3. The first-order valence-electron chi connectivity index (χ1n) is 5.62. The maximum atomic E-state index is 11.7. The molecular weight excluding hydrogens is 194 g/mol. The van der Waals surface area contributed by atoms with E-state index in [1.165, 1.54) is 0 Å². The monoisotopic (exact) mass is 211 g/mol. The second kappa shape index (κ2) is 3.83. The Morgan fingerprint density at radius 2 is 2.13 bits per heavy atom. The summed E-state index contributed by atoms with van der Waals surface area (Å²) in [5.74, 6) is -0.399. The van der Waals surface area contributed by atoms with Crippen LogP contribution in [-0.2, 0) is 9.59 Å². The van der Waals surface area contributed by atoms with Crippen molar-refractivity contribution in [2.24, 2.45) is 5.92 Å². The van der Waals surface area contributed by atoms with Gasteiger partial charge in [-0.2, -0.15) is 0 Å². The average molecular weight is 211 g/mol. The van der Waals surface area contributed by atoms with Crippen LogP contribution in [-0.4, -0.2) is 34.0 Å². The summed E-state index contributed by atoms with van der Waals surface area (Å²) in [5, 5.41) is 8.79. The normalized spacial score (nSPS) is 31.8. The molecule has 1 saturated carbocycles. The molecule has 15 heavy (non-hydrogen) atoms. The van der Waals surface area contributed by atoms with Crippen molar-refractivity contribution in [3.05, 3.63) is 0 Å². The predicted molar refractivity (Wildman–Crippen MR) is 54.3 cm³/mol. The van der Waals surface area contributed by atoms with Gasteiger partial charge in [-0.1, -0.05) is 0 Å². The van der Waals surface area contributed by atoms with Gasteiger partial charge in [0, 0.05) is 18.5 Å². The Morgan fingerprint density at radius 3 is 2.67 bits per heavy atom. The van der Waals surface area contributed by atoms with Gasteiger partial charge in [0.15, 0.2) is 0 Å². The van der Waals surface area contributed by atoms with Crippen molar-refractivity contribution < 1.29 is 14.7 Å². The van der Waals surface area contributed by atoms with Crippen LogP contribution in [0.2, 0.25) is 0 Å². The maximum Gasteiger partial charge on any atom is 0.303 e. The van der Waals surface area contributed by atoms with Crippen molar-refractivity contribution in [2.75, 3.05) is 0 Å². The van der Waals surface area contributed by atoms with E-state index in [2.05, 4.69) is 0 Å². The molecule has 0 aromatic heterocycles. The molecule has 0 aromatic rings. The minimum absolute atomic E-state index is 0.106. The van der Waals surface area contributed by atoms with E-state index in [-0.39, 0.29) is 24.3 Å². The minimum atomic E-state index is -0.753. The van der Waals surface area contributed by atoms with E-state index >= 15 is 0 Å². The molecule has 2 fully saturated rings. The quantitative estimate of drug-likeness (QED) is 0.764. The number of carbonyl (C=O) groups is 2. The fourth-order valence-corrected chi connectivity index (χ4v) is 2.52. The van der Waals surface area contributed by atoms with E-state index in [1.54, 1.807) is 0 Å². The fourth-order valence-electron chi connectivity index (χ4n) is 2.52. The van der Waals surface area contributed by atoms with Gasteiger partial charge in [-0.05, 0) is 32.1 Å². The highest BCUT2D eigenvalue weighted by atomic mass is 16.4. The highest BCUT2D eigenvalue weighted by Crippen LogP contribution is 2.36. The summed E-state index contributed by atoms with van der Waals surface area (Å²) < 4.78 is 0. The zero-order valence-corrected chi connectivity index (χ0v) is 8.98. The van der Waals surface area contributed by atoms with Crippen LogP contribution < -0.4 is 0 Å². The van der Waals surface area contributed by atoms with Gasteiger partial charge >= 0.3 is 5.97 Å². The Bertz CT molecular complexity index is 286. The van der Waals surface area contributed by atoms with Crippen molar-refractivity contribution in [3.8, 4) is 0 Å². The lowest BCUT2D eigenvalue weighted by atomic mass is 9.87. The molecule has 1 N–H and O–H groups in total. The molecule has 4 heteroatoms. The molecule has 1 saturated heterocycles. The summed E-state index contributed by atoms with van der Waals surface area (Å²) >= 11 is 0. The van der Waals surface area contributed by atoms with Crippen LogP contribution in [0.4, 0.5) is 0 Å². The van der Waals surface area contributed by atoms with Crippen LogP contribution in [0.3, 0.4) is 0 Å². The van der Waals surface area contributed by atoms with Crippen molar-refractivity contribution in [3.63, 3.8) is 0 Å². The molecule has 84 valence electrons. The number of carboxylic acid groups (broad SMARTS) is 1. The van der Waals surface area contributed by atoms with Crippen LogP contribution in [0.1, 0.15) is 39.0 Å². The molecule has 2 rings (SSSR count). The van der Waals surface area contributed by atoms with E-state index in [0.717, 1.165) is 19.3 Å². The summed E-state index contributed by atoms with van der Waals surface area (Å²) in [6, 6.07) is 0.513. The molecule has 4 nitrogen and oxygen atoms in total. The average Bonchev–Trinajstić information content (AvgIpc) is 2.94. The summed E-state index contributed by atoms with van der Waals surface area (Å²) in [4.78, 5) is 24.3. The van der Waals surface area contributed by atoms with E-state index in [0.29, 0.717) is 12.5 Å². The van der Waals surface area contributed by atoms with Crippen LogP contribution in [0.15, 0.2) is 0 Å². The van der Waals surface area contributed by atoms with Gasteiger partial charge in [0.2, 0.25) is 5.91 Å². The highest BCUT2D eigenvalue weighted by molar-refractivity contribution is 5.78. The first-order valence-corrected chi connectivity index (χ1v) is 5.62. The number of carboxylic acids is 1. The summed E-state index contributed by atoms with van der Waals surface area (Å²) in [5.41, 5.74) is 0. The van der Waals surface area contributed by atoms with Gasteiger partial charge in [0.25, 0.3) is 0 Å². The van der Waals surface area contributed by atoms with Crippen molar-refractivity contribution >= 4 is 11.9 Å². The smallest absolute Gasteiger partial charge is 0.303 e. The molecule has 0 aromatic carbocycles. The molecule has 0 bridgehead atoms. The van der Waals surface area contributed by atoms with Gasteiger partial charge in [-0.25, -0.2) is 0 Å². The number of carbonyl (C=O) groups excluding carboxylic acids is 1. The van der Waals surface area contributed by atoms with E-state index in [4.69, 9.17) is 5.11 Å². The van der Waals surface area contributed by atoms with Crippen molar-refractivity contribution in [2.45, 2.75) is 51.1 Å². The second-order valence-electron chi connectivity index (χ2n) is 4.67. The summed E-state index contributed by atoms with van der Waals surface area (Å²) in [7, 11) is 0. The SMILES string of the molecule is C[C@@H]1[C@@H](CC(=O)O)CCC(=O)N1C1CC1. The molecule has 2 aliphatic rings. The summed E-state index contributed by atoms with van der Waals surface area (Å²) in [6.45, 7) is 1.99. The van der Waals surface area contributed by atoms with Crippen LogP contribution >= 0.6 is 0 Å². The maximum absolute atomic E-state index is 11.7. The lowest BCUT2D eigenvalue weighted by Crippen LogP contribution is -2.48. The highest BCUT2D eigenvalue weighted by Gasteiger charge is 2.41. The predicted octanol–water partition coefficient (Wildman–Crippen LogP) is 1.25. The Kier molecular flexibility index (Phi) is 2.67. The lowest BCUT2D eigenvalue weighted by molar-refractivity contribution is -0.145. The largest absolute Gasteiger partial charge is 0.481 e. The molecule has 0 spiro atoms. The van der Waals surface area contributed by atoms with Crippen LogP contribution in [0.5, 0.6) is 0 Å². The molecule has 1 aliphatic carbocycles. The molecule has 0 unspecified atom stereocenters. The first kappa shape index (κ1) is 10.5. The standard InChI is InChI=1S/C11H17NO3/c1-7-8(6-11(14)15)2-5-10(13)12(7)9-3-4-9/h7-9H,2-6H2,1H3,(H,14,15)/t7-,8-/m1/s1. The van der Waals surface area contributed by atoms with E-state index < -0.39 is 5.97 Å². The molecule has 1 amide bonds. The zero-order valence-electron chi connectivity index (χ0n) is 8.98. The number of piperidine rings is 1. The molecule has 0 radical (unpaired) electrons. The third-order valence-electron chi connectivity index (χ3n) is 3.52. The van der Waals surface area contributed by atoms with Crippen LogP contribution in [0.25, 0.3) is 0 Å². The fraction of sp³-hybridized carbons (Fsp3) is 0.818. The van der Waals surface area contributed by atoms with Crippen LogP contribution in [0, 0.1) is 5.92 Å². The Morgan fingerprint density at radius 1 is 1.47 bits per heavy atom. The Hall–Kier alpha value is -1.06. The molecule has 2 atom stereocenters. The number of amides is 1. The zero-order chi connectivity index (χ0) is 11.0. The first-order chi connectivity index (χ1) is 7.09. The molecule has 1 heterocycles. The minimum Gasteiger partial charge on any atom is -0.481 e. The number of hydrogen-bond acceptors (Lipinski definition) is 2. The number of hydrogen-bond donors (Lipinski definition) is 1. The third-order valence-corrected chi connectivity index (χ3v) is 3.52. The van der Waals surface area contributed by atoms with Crippen molar-refractivity contribution in [1.82, 2.24) is 4.90 Å². The van der Waals surface area contributed by atoms with Gasteiger partial charge in [-0.15, -0.1) is 0 Å². The summed E-state index contributed by atoms with van der Waals surface area (Å²) in [6.07, 6.45) is 3.64.